The second-order valence-corrected chi connectivity index (χ2v) is 4.59. The average Bonchev–Trinajstić information content (AvgIpc) is 2.86. The van der Waals surface area contributed by atoms with Crippen LogP contribution in [0.2, 0.25) is 0 Å². The monoisotopic (exact) mass is 329 g/mol. The number of hydrogen-bond donors (Lipinski definition) is 1. The lowest BCUT2D eigenvalue weighted by Crippen LogP contribution is -2.23. The molecule has 1 aromatic carbocycles. The summed E-state index contributed by atoms with van der Waals surface area (Å²) < 4.78 is 23.8. The van der Waals surface area contributed by atoms with Gasteiger partial charge in [-0.15, -0.1) is 0 Å². The number of rotatable bonds is 4. The molecule has 7 heteroatoms. The first-order valence-corrected chi connectivity index (χ1v) is 6.05. The second kappa shape index (κ2) is 5.40. The number of oxazole rings is 1. The lowest BCUT2D eigenvalue weighted by molar-refractivity contribution is -0.144. The molecule has 1 unspecified atom stereocenters. The number of halogens is 2. The fourth-order valence-electron chi connectivity index (χ4n) is 1.41. The van der Waals surface area contributed by atoms with E-state index in [0.29, 0.717) is 11.3 Å². The van der Waals surface area contributed by atoms with Gasteiger partial charge in [-0.25, -0.2) is 14.2 Å². The van der Waals surface area contributed by atoms with Crippen molar-refractivity contribution < 1.29 is 23.4 Å². The third-order valence-corrected chi connectivity index (χ3v) is 2.99. The maximum absolute atomic E-state index is 13.5. The molecule has 5 nitrogen and oxygen atoms in total. The predicted molar refractivity (Wildman–Crippen MR) is 67.3 cm³/mol. The summed E-state index contributed by atoms with van der Waals surface area (Å²) in [5, 5.41) is 8.83. The van der Waals surface area contributed by atoms with Crippen molar-refractivity contribution in [2.75, 3.05) is 0 Å². The van der Waals surface area contributed by atoms with Crippen molar-refractivity contribution in [3.63, 3.8) is 0 Å². The zero-order chi connectivity index (χ0) is 14.0. The molecule has 1 atom stereocenters. The van der Waals surface area contributed by atoms with Gasteiger partial charge in [-0.1, -0.05) is 0 Å². The van der Waals surface area contributed by atoms with Crippen molar-refractivity contribution >= 4 is 21.9 Å². The summed E-state index contributed by atoms with van der Waals surface area (Å²) in [6.45, 7) is 1.36. The third kappa shape index (κ3) is 2.93. The number of ether oxygens (including phenoxy) is 1. The topological polar surface area (TPSA) is 72.6 Å². The Labute approximate surface area is 116 Å². The van der Waals surface area contributed by atoms with Gasteiger partial charge in [0.25, 0.3) is 0 Å². The number of carbonyl (C=O) groups is 1. The van der Waals surface area contributed by atoms with Gasteiger partial charge in [0, 0.05) is 11.6 Å². The van der Waals surface area contributed by atoms with Crippen LogP contribution in [0.4, 0.5) is 4.39 Å². The molecule has 0 saturated carbocycles. The summed E-state index contributed by atoms with van der Waals surface area (Å²) in [4.78, 5) is 14.7. The molecule has 0 aliphatic heterocycles. The maximum atomic E-state index is 13.5. The van der Waals surface area contributed by atoms with Gasteiger partial charge in [0.2, 0.25) is 0 Å². The Morgan fingerprint density at radius 2 is 2.32 bits per heavy atom. The molecule has 100 valence electrons. The highest BCUT2D eigenvalue weighted by molar-refractivity contribution is 9.10. The van der Waals surface area contributed by atoms with E-state index in [1.807, 2.05) is 0 Å². The van der Waals surface area contributed by atoms with Crippen LogP contribution in [0.1, 0.15) is 6.92 Å². The summed E-state index contributed by atoms with van der Waals surface area (Å²) in [6, 6.07) is 2.56. The van der Waals surface area contributed by atoms with Gasteiger partial charge in [-0.3, -0.25) is 0 Å². The van der Waals surface area contributed by atoms with Crippen LogP contribution in [0.25, 0.3) is 11.3 Å². The summed E-state index contributed by atoms with van der Waals surface area (Å²) >= 11 is 3.06. The zero-order valence-corrected chi connectivity index (χ0v) is 11.3. The molecule has 2 aromatic rings. The Balaban J connectivity index is 2.46. The Hall–Kier alpha value is -1.89. The standard InChI is InChI=1S/C12H9BrFNO4/c1-6(12(16)17)19-11-3-9(14)8(13)2-7(11)10-4-18-5-15-10/h2-6H,1H3,(H,16,17). The van der Waals surface area contributed by atoms with E-state index in [1.54, 1.807) is 0 Å². The van der Waals surface area contributed by atoms with E-state index in [9.17, 15) is 9.18 Å². The molecule has 19 heavy (non-hydrogen) atoms. The zero-order valence-electron chi connectivity index (χ0n) is 9.76. The fourth-order valence-corrected chi connectivity index (χ4v) is 1.76. The van der Waals surface area contributed by atoms with Crippen LogP contribution < -0.4 is 4.74 Å². The van der Waals surface area contributed by atoms with E-state index in [2.05, 4.69) is 20.9 Å². The van der Waals surface area contributed by atoms with Crippen molar-refractivity contribution in [2.24, 2.45) is 0 Å². The van der Waals surface area contributed by atoms with E-state index in [1.165, 1.54) is 25.6 Å². The number of carboxylic acid groups (broad SMARTS) is 1. The normalized spacial score (nSPS) is 12.2. The lowest BCUT2D eigenvalue weighted by Gasteiger charge is -2.14. The summed E-state index contributed by atoms with van der Waals surface area (Å²) in [5.74, 6) is -1.61. The minimum Gasteiger partial charge on any atom is -0.479 e. The Bertz CT molecular complexity index is 600. The van der Waals surface area contributed by atoms with E-state index in [0.717, 1.165) is 6.07 Å². The molecule has 2 rings (SSSR count). The fraction of sp³-hybridized carbons (Fsp3) is 0.167. The van der Waals surface area contributed by atoms with Crippen LogP contribution in [0.3, 0.4) is 0 Å². The summed E-state index contributed by atoms with van der Waals surface area (Å²) in [7, 11) is 0. The van der Waals surface area contributed by atoms with Crippen LogP contribution in [0.15, 0.2) is 33.7 Å². The van der Waals surface area contributed by atoms with Gasteiger partial charge in [0.05, 0.1) is 4.47 Å². The molecule has 0 radical (unpaired) electrons. The number of benzene rings is 1. The van der Waals surface area contributed by atoms with Crippen molar-refractivity contribution in [1.29, 1.82) is 0 Å². The largest absolute Gasteiger partial charge is 0.479 e. The minimum absolute atomic E-state index is 0.0875. The molecule has 0 bridgehead atoms. The first-order valence-electron chi connectivity index (χ1n) is 5.26. The third-order valence-electron chi connectivity index (χ3n) is 2.38. The number of aromatic nitrogens is 1. The SMILES string of the molecule is CC(Oc1cc(F)c(Br)cc1-c1cocn1)C(=O)O. The van der Waals surface area contributed by atoms with Gasteiger partial charge >= 0.3 is 5.97 Å². The number of carboxylic acids is 1. The quantitative estimate of drug-likeness (QED) is 0.933. The van der Waals surface area contributed by atoms with Gasteiger partial charge in [-0.05, 0) is 28.9 Å². The van der Waals surface area contributed by atoms with Crippen molar-refractivity contribution in [3.8, 4) is 17.0 Å². The van der Waals surface area contributed by atoms with E-state index >= 15 is 0 Å². The highest BCUT2D eigenvalue weighted by Crippen LogP contribution is 2.34. The molecule has 0 fully saturated rings. The second-order valence-electron chi connectivity index (χ2n) is 3.73. The molecule has 0 aliphatic rings. The van der Waals surface area contributed by atoms with Crippen LogP contribution >= 0.6 is 15.9 Å². The van der Waals surface area contributed by atoms with Gasteiger partial charge in [0.1, 0.15) is 23.5 Å². The van der Waals surface area contributed by atoms with E-state index in [-0.39, 0.29) is 10.2 Å². The van der Waals surface area contributed by atoms with E-state index < -0.39 is 17.9 Å². The maximum Gasteiger partial charge on any atom is 0.344 e. The molecule has 1 N–H and O–H groups in total. The molecule has 1 aromatic heterocycles. The Morgan fingerprint density at radius 1 is 1.58 bits per heavy atom. The highest BCUT2D eigenvalue weighted by Gasteiger charge is 2.19. The molecule has 1 heterocycles. The van der Waals surface area contributed by atoms with Gasteiger partial charge < -0.3 is 14.3 Å². The number of aliphatic carboxylic acids is 1. The van der Waals surface area contributed by atoms with Crippen LogP contribution in [-0.4, -0.2) is 22.2 Å². The number of hydrogen-bond acceptors (Lipinski definition) is 4. The highest BCUT2D eigenvalue weighted by atomic mass is 79.9. The van der Waals surface area contributed by atoms with Crippen molar-refractivity contribution in [1.82, 2.24) is 4.98 Å². The molecule has 0 amide bonds. The van der Waals surface area contributed by atoms with Gasteiger partial charge in [0.15, 0.2) is 12.5 Å². The molecular weight excluding hydrogens is 321 g/mol. The first-order chi connectivity index (χ1) is 8.99. The Morgan fingerprint density at radius 3 is 2.89 bits per heavy atom. The molecule has 0 saturated heterocycles. The van der Waals surface area contributed by atoms with Crippen LogP contribution in [0, 0.1) is 5.82 Å². The first kappa shape index (κ1) is 13.5. The summed E-state index contributed by atoms with van der Waals surface area (Å²) in [5.41, 5.74) is 0.864. The Kier molecular flexibility index (Phi) is 3.84. The number of nitrogens with zero attached hydrogens (tertiary/aromatic N) is 1. The van der Waals surface area contributed by atoms with Crippen molar-refractivity contribution in [2.45, 2.75) is 13.0 Å². The molecule has 0 aliphatic carbocycles. The van der Waals surface area contributed by atoms with Crippen LogP contribution in [0.5, 0.6) is 5.75 Å². The van der Waals surface area contributed by atoms with E-state index in [4.69, 9.17) is 14.3 Å². The predicted octanol–water partition coefficient (Wildman–Crippen LogP) is 3.10. The van der Waals surface area contributed by atoms with Crippen LogP contribution in [-0.2, 0) is 4.79 Å². The minimum atomic E-state index is -1.14. The molecular formula is C12H9BrFNO4. The summed E-state index contributed by atoms with van der Waals surface area (Å²) in [6.07, 6.45) is 1.47. The smallest absolute Gasteiger partial charge is 0.344 e. The van der Waals surface area contributed by atoms with Gasteiger partial charge in [-0.2, -0.15) is 0 Å². The lowest BCUT2D eigenvalue weighted by atomic mass is 10.1. The molecule has 0 spiro atoms. The van der Waals surface area contributed by atoms with Crippen molar-refractivity contribution in [3.05, 3.63) is 35.1 Å². The average molecular weight is 330 g/mol.